The molecule has 4 rings (SSSR count). The van der Waals surface area contributed by atoms with E-state index in [-0.39, 0.29) is 0 Å². The van der Waals surface area contributed by atoms with Gasteiger partial charge >= 0.3 is 0 Å². The normalized spacial score (nSPS) is 29.8. The number of nitrogens with zero attached hydrogens (tertiary/aromatic N) is 2. The van der Waals surface area contributed by atoms with Crippen molar-refractivity contribution in [2.75, 3.05) is 0 Å². The lowest BCUT2D eigenvalue weighted by molar-refractivity contribution is 0.572. The molecule has 2 aliphatic carbocycles. The van der Waals surface area contributed by atoms with Crippen molar-refractivity contribution in [3.63, 3.8) is 0 Å². The van der Waals surface area contributed by atoms with Crippen molar-refractivity contribution in [2.45, 2.75) is 31.7 Å². The van der Waals surface area contributed by atoms with Crippen LogP contribution in [0.2, 0.25) is 0 Å². The molecule has 0 amide bonds. The maximum atomic E-state index is 5.71. The summed E-state index contributed by atoms with van der Waals surface area (Å²) in [7, 11) is 2.15. The van der Waals surface area contributed by atoms with Crippen LogP contribution in [-0.4, -0.2) is 9.55 Å². The van der Waals surface area contributed by atoms with Gasteiger partial charge in [0.2, 0.25) is 0 Å². The quantitative estimate of drug-likeness (QED) is 0.878. The Kier molecular flexibility index (Phi) is 2.10. The summed E-state index contributed by atoms with van der Waals surface area (Å²) in [6.45, 7) is 0.601. The van der Waals surface area contributed by atoms with Gasteiger partial charge in [-0.1, -0.05) is 6.07 Å². The van der Waals surface area contributed by atoms with E-state index in [9.17, 15) is 0 Å². The van der Waals surface area contributed by atoms with Gasteiger partial charge in [-0.3, -0.25) is 0 Å². The molecule has 0 radical (unpaired) electrons. The molecule has 2 aromatic rings. The standard InChI is InChI=1S/C15H19N3/c1-18-14-4-9(8-16)2-3-13(14)17-15(18)12-6-10-5-11(10)7-12/h2-4,10-12H,5-8,16H2,1H3. The second-order valence-electron chi connectivity index (χ2n) is 5.98. The highest BCUT2D eigenvalue weighted by atomic mass is 15.1. The van der Waals surface area contributed by atoms with Gasteiger partial charge < -0.3 is 10.3 Å². The van der Waals surface area contributed by atoms with E-state index in [1.807, 2.05) is 0 Å². The molecule has 0 aliphatic heterocycles. The molecule has 2 unspecified atom stereocenters. The summed E-state index contributed by atoms with van der Waals surface area (Å²) in [5.41, 5.74) is 9.25. The van der Waals surface area contributed by atoms with E-state index < -0.39 is 0 Å². The molecule has 1 aromatic heterocycles. The van der Waals surface area contributed by atoms with Crippen molar-refractivity contribution < 1.29 is 0 Å². The average molecular weight is 241 g/mol. The van der Waals surface area contributed by atoms with Crippen LogP contribution in [0.15, 0.2) is 18.2 Å². The summed E-state index contributed by atoms with van der Waals surface area (Å²) >= 11 is 0. The molecule has 2 atom stereocenters. The van der Waals surface area contributed by atoms with Crippen LogP contribution >= 0.6 is 0 Å². The van der Waals surface area contributed by atoms with Gasteiger partial charge in [0.15, 0.2) is 0 Å². The monoisotopic (exact) mass is 241 g/mol. The topological polar surface area (TPSA) is 43.8 Å². The zero-order chi connectivity index (χ0) is 12.3. The Bertz CT molecular complexity index is 603. The van der Waals surface area contributed by atoms with Crippen molar-refractivity contribution in [1.82, 2.24) is 9.55 Å². The van der Waals surface area contributed by atoms with E-state index in [2.05, 4.69) is 29.8 Å². The number of nitrogens with two attached hydrogens (primary N) is 1. The van der Waals surface area contributed by atoms with Crippen molar-refractivity contribution in [1.29, 1.82) is 0 Å². The van der Waals surface area contributed by atoms with E-state index >= 15 is 0 Å². The van der Waals surface area contributed by atoms with Crippen molar-refractivity contribution in [3.8, 4) is 0 Å². The Morgan fingerprint density at radius 1 is 1.28 bits per heavy atom. The number of benzene rings is 1. The predicted octanol–water partition coefficient (Wildman–Crippen LogP) is 2.55. The first-order chi connectivity index (χ1) is 8.76. The van der Waals surface area contributed by atoms with Crippen molar-refractivity contribution >= 4 is 11.0 Å². The Labute approximate surface area is 107 Å². The summed E-state index contributed by atoms with van der Waals surface area (Å²) in [5, 5.41) is 0. The zero-order valence-corrected chi connectivity index (χ0v) is 10.8. The molecule has 3 heteroatoms. The molecule has 2 N–H and O–H groups in total. The molecule has 0 bridgehead atoms. The first-order valence-corrected chi connectivity index (χ1v) is 6.91. The Balaban J connectivity index is 1.79. The van der Waals surface area contributed by atoms with Crippen molar-refractivity contribution in [2.24, 2.45) is 24.6 Å². The fourth-order valence-corrected chi connectivity index (χ4v) is 3.67. The van der Waals surface area contributed by atoms with Crippen LogP contribution < -0.4 is 5.73 Å². The first-order valence-electron chi connectivity index (χ1n) is 6.91. The van der Waals surface area contributed by atoms with Gasteiger partial charge in [-0.2, -0.15) is 0 Å². The molecule has 18 heavy (non-hydrogen) atoms. The van der Waals surface area contributed by atoms with Gasteiger partial charge in [-0.25, -0.2) is 4.98 Å². The second-order valence-corrected chi connectivity index (χ2v) is 5.98. The molecule has 2 saturated carbocycles. The summed E-state index contributed by atoms with van der Waals surface area (Å²) < 4.78 is 2.28. The molecular formula is C15H19N3. The first kappa shape index (κ1) is 10.6. The number of fused-ring (bicyclic) bond motifs is 2. The Morgan fingerprint density at radius 2 is 2.06 bits per heavy atom. The molecule has 1 heterocycles. The summed E-state index contributed by atoms with van der Waals surface area (Å²) in [6.07, 6.45) is 4.18. The smallest absolute Gasteiger partial charge is 0.112 e. The van der Waals surface area contributed by atoms with E-state index in [1.54, 1.807) is 0 Å². The molecule has 94 valence electrons. The van der Waals surface area contributed by atoms with Gasteiger partial charge in [-0.15, -0.1) is 0 Å². The van der Waals surface area contributed by atoms with E-state index in [1.165, 1.54) is 36.2 Å². The van der Waals surface area contributed by atoms with Crippen LogP contribution in [0, 0.1) is 11.8 Å². The van der Waals surface area contributed by atoms with Gasteiger partial charge in [0.25, 0.3) is 0 Å². The number of hydrogen-bond donors (Lipinski definition) is 1. The minimum atomic E-state index is 0.601. The molecule has 3 nitrogen and oxygen atoms in total. The third-order valence-corrected chi connectivity index (χ3v) is 4.82. The molecule has 1 aromatic carbocycles. The van der Waals surface area contributed by atoms with E-state index in [4.69, 9.17) is 10.7 Å². The molecule has 2 fully saturated rings. The molecule has 0 spiro atoms. The minimum absolute atomic E-state index is 0.601. The number of imidazole rings is 1. The fourth-order valence-electron chi connectivity index (χ4n) is 3.67. The van der Waals surface area contributed by atoms with Gasteiger partial charge in [0.05, 0.1) is 11.0 Å². The highest BCUT2D eigenvalue weighted by Gasteiger charge is 2.47. The highest BCUT2D eigenvalue weighted by Crippen LogP contribution is 2.57. The van der Waals surface area contributed by atoms with Crippen molar-refractivity contribution in [3.05, 3.63) is 29.6 Å². The minimum Gasteiger partial charge on any atom is -0.331 e. The van der Waals surface area contributed by atoms with Gasteiger partial charge in [-0.05, 0) is 48.8 Å². The van der Waals surface area contributed by atoms with E-state index in [0.29, 0.717) is 12.5 Å². The van der Waals surface area contributed by atoms with E-state index in [0.717, 1.165) is 17.4 Å². The SMILES string of the molecule is Cn1c(C2CC3CC3C2)nc2ccc(CN)cc21. The third kappa shape index (κ3) is 1.43. The van der Waals surface area contributed by atoms with Gasteiger partial charge in [0, 0.05) is 19.5 Å². The van der Waals surface area contributed by atoms with Crippen LogP contribution in [0.1, 0.15) is 36.6 Å². The lowest BCUT2D eigenvalue weighted by atomic mass is 10.0. The largest absolute Gasteiger partial charge is 0.331 e. The lowest BCUT2D eigenvalue weighted by Crippen LogP contribution is -2.04. The summed E-state index contributed by atoms with van der Waals surface area (Å²) in [6, 6.07) is 6.38. The number of aryl methyl sites for hydroxylation is 1. The van der Waals surface area contributed by atoms with Gasteiger partial charge in [0.1, 0.15) is 5.82 Å². The average Bonchev–Trinajstić information content (AvgIpc) is 2.87. The van der Waals surface area contributed by atoms with Crippen LogP contribution in [0.4, 0.5) is 0 Å². The van der Waals surface area contributed by atoms with Crippen LogP contribution in [0.25, 0.3) is 11.0 Å². The summed E-state index contributed by atoms with van der Waals surface area (Å²) in [4.78, 5) is 4.85. The fraction of sp³-hybridized carbons (Fsp3) is 0.533. The van der Waals surface area contributed by atoms with Crippen LogP contribution in [-0.2, 0) is 13.6 Å². The van der Waals surface area contributed by atoms with Crippen LogP contribution in [0.3, 0.4) is 0 Å². The highest BCUT2D eigenvalue weighted by molar-refractivity contribution is 5.77. The number of hydrogen-bond acceptors (Lipinski definition) is 2. The zero-order valence-electron chi connectivity index (χ0n) is 10.8. The van der Waals surface area contributed by atoms with Crippen LogP contribution in [0.5, 0.6) is 0 Å². The Morgan fingerprint density at radius 3 is 2.78 bits per heavy atom. The molecule has 0 saturated heterocycles. The maximum Gasteiger partial charge on any atom is 0.112 e. The number of aromatic nitrogens is 2. The lowest BCUT2D eigenvalue weighted by Gasteiger charge is -2.11. The predicted molar refractivity (Wildman–Crippen MR) is 72.2 cm³/mol. The molecule has 2 aliphatic rings. The second kappa shape index (κ2) is 3.58. The Hall–Kier alpha value is -1.35. The number of rotatable bonds is 2. The summed E-state index contributed by atoms with van der Waals surface area (Å²) in [5.74, 6) is 3.99. The maximum absolute atomic E-state index is 5.71. The third-order valence-electron chi connectivity index (χ3n) is 4.82. The molecular weight excluding hydrogens is 222 g/mol.